The zero-order chi connectivity index (χ0) is 16.0. The molecule has 1 heterocycles. The predicted octanol–water partition coefficient (Wildman–Crippen LogP) is 1.66. The van der Waals surface area contributed by atoms with E-state index in [4.69, 9.17) is 6.42 Å². The van der Waals surface area contributed by atoms with Gasteiger partial charge in [-0.15, -0.1) is 6.42 Å². The number of nitrogens with zero attached hydrogens (tertiary/aromatic N) is 1. The molecule has 0 N–H and O–H groups in total. The minimum absolute atomic E-state index is 0.0408. The largest absolute Gasteiger partial charge is 0.328 e. The number of aryl methyl sites for hydroxylation is 1. The lowest BCUT2D eigenvalue weighted by atomic mass is 10.1. The van der Waals surface area contributed by atoms with Gasteiger partial charge in [-0.25, -0.2) is 8.42 Å². The molecule has 1 fully saturated rings. The molecule has 1 atom stereocenters. The minimum atomic E-state index is -3.02. The second-order valence-corrected chi connectivity index (χ2v) is 7.85. The van der Waals surface area contributed by atoms with Gasteiger partial charge in [-0.2, -0.15) is 0 Å². The van der Waals surface area contributed by atoms with Crippen LogP contribution in [0.2, 0.25) is 0 Å². The second kappa shape index (κ2) is 7.46. The average molecular weight is 319 g/mol. The second-order valence-electron chi connectivity index (χ2n) is 5.62. The number of sulfone groups is 1. The van der Waals surface area contributed by atoms with Crippen LogP contribution < -0.4 is 0 Å². The van der Waals surface area contributed by atoms with Gasteiger partial charge < -0.3 is 4.90 Å². The quantitative estimate of drug-likeness (QED) is 0.749. The van der Waals surface area contributed by atoms with E-state index in [-0.39, 0.29) is 30.0 Å². The van der Waals surface area contributed by atoms with Crippen molar-refractivity contribution in [1.29, 1.82) is 0 Å². The third kappa shape index (κ3) is 4.60. The van der Waals surface area contributed by atoms with E-state index in [1.54, 1.807) is 4.90 Å². The van der Waals surface area contributed by atoms with Crippen molar-refractivity contribution in [3.63, 3.8) is 0 Å². The summed E-state index contributed by atoms with van der Waals surface area (Å²) in [6.07, 6.45) is 7.79. The Morgan fingerprint density at radius 2 is 2.05 bits per heavy atom. The van der Waals surface area contributed by atoms with Gasteiger partial charge in [0.25, 0.3) is 0 Å². The van der Waals surface area contributed by atoms with Crippen molar-refractivity contribution in [3.8, 4) is 12.3 Å². The van der Waals surface area contributed by atoms with Crippen LogP contribution in [-0.4, -0.2) is 43.3 Å². The van der Waals surface area contributed by atoms with E-state index in [9.17, 15) is 13.2 Å². The molecule has 0 spiro atoms. The van der Waals surface area contributed by atoms with Gasteiger partial charge in [0.1, 0.15) is 0 Å². The summed E-state index contributed by atoms with van der Waals surface area (Å²) in [5.41, 5.74) is 1.20. The number of hydrogen-bond donors (Lipinski definition) is 0. The summed E-state index contributed by atoms with van der Waals surface area (Å²) in [7, 11) is -3.02. The minimum Gasteiger partial charge on any atom is -0.328 e. The van der Waals surface area contributed by atoms with Gasteiger partial charge in [0.05, 0.1) is 18.1 Å². The van der Waals surface area contributed by atoms with Crippen molar-refractivity contribution in [2.45, 2.75) is 31.7 Å². The molecule has 0 bridgehead atoms. The number of hydrogen-bond acceptors (Lipinski definition) is 3. The van der Waals surface area contributed by atoms with Crippen molar-refractivity contribution in [3.05, 3.63) is 35.9 Å². The first-order chi connectivity index (χ1) is 10.5. The molecule has 1 aromatic rings. The van der Waals surface area contributed by atoms with Gasteiger partial charge in [-0.1, -0.05) is 36.3 Å². The maximum Gasteiger partial charge on any atom is 0.223 e. The highest BCUT2D eigenvalue weighted by atomic mass is 32.2. The first-order valence-electron chi connectivity index (χ1n) is 7.49. The van der Waals surface area contributed by atoms with Crippen LogP contribution in [0.15, 0.2) is 30.3 Å². The third-order valence-electron chi connectivity index (χ3n) is 3.93. The Balaban J connectivity index is 1.89. The molecule has 118 valence electrons. The molecule has 1 aliphatic heterocycles. The molecular formula is C17H21NO3S. The van der Waals surface area contributed by atoms with E-state index in [0.29, 0.717) is 12.8 Å². The van der Waals surface area contributed by atoms with Crippen LogP contribution >= 0.6 is 0 Å². The summed E-state index contributed by atoms with van der Waals surface area (Å²) in [4.78, 5) is 13.9. The standard InChI is InChI=1S/C17H21NO3S/c1-2-12-18(16-11-13-22(20,21)14-16)17(19)10-6-9-15-7-4-3-5-8-15/h1,3-5,7-8,16H,6,9-14H2. The van der Waals surface area contributed by atoms with Crippen LogP contribution in [0, 0.1) is 12.3 Å². The van der Waals surface area contributed by atoms with Gasteiger partial charge in [0.2, 0.25) is 5.91 Å². The topological polar surface area (TPSA) is 54.5 Å². The molecule has 0 aliphatic carbocycles. The third-order valence-corrected chi connectivity index (χ3v) is 5.68. The Morgan fingerprint density at radius 1 is 1.32 bits per heavy atom. The lowest BCUT2D eigenvalue weighted by Crippen LogP contribution is -2.41. The van der Waals surface area contributed by atoms with E-state index in [0.717, 1.165) is 12.8 Å². The first kappa shape index (κ1) is 16.6. The lowest BCUT2D eigenvalue weighted by molar-refractivity contribution is -0.132. The number of rotatable bonds is 6. The SMILES string of the molecule is C#CCN(C(=O)CCCc1ccccc1)C1CCS(=O)(=O)C1. The fourth-order valence-corrected chi connectivity index (χ4v) is 4.50. The number of carbonyl (C=O) groups excluding carboxylic acids is 1. The molecule has 22 heavy (non-hydrogen) atoms. The molecule has 1 saturated heterocycles. The highest BCUT2D eigenvalue weighted by Crippen LogP contribution is 2.19. The highest BCUT2D eigenvalue weighted by Gasteiger charge is 2.33. The van der Waals surface area contributed by atoms with Crippen molar-refractivity contribution in [2.75, 3.05) is 18.1 Å². The normalized spacial score (nSPS) is 19.5. The molecule has 5 heteroatoms. The van der Waals surface area contributed by atoms with Crippen LogP contribution in [-0.2, 0) is 21.1 Å². The summed E-state index contributed by atoms with van der Waals surface area (Å²) >= 11 is 0. The summed E-state index contributed by atoms with van der Waals surface area (Å²) in [6.45, 7) is 0.185. The zero-order valence-electron chi connectivity index (χ0n) is 12.6. The van der Waals surface area contributed by atoms with Crippen LogP contribution in [0.5, 0.6) is 0 Å². The van der Waals surface area contributed by atoms with Gasteiger partial charge in [-0.3, -0.25) is 4.79 Å². The molecule has 4 nitrogen and oxygen atoms in total. The zero-order valence-corrected chi connectivity index (χ0v) is 13.4. The molecule has 1 unspecified atom stereocenters. The average Bonchev–Trinajstić information content (AvgIpc) is 2.85. The van der Waals surface area contributed by atoms with Crippen molar-refractivity contribution in [2.24, 2.45) is 0 Å². The van der Waals surface area contributed by atoms with E-state index >= 15 is 0 Å². The van der Waals surface area contributed by atoms with Crippen LogP contribution in [0.3, 0.4) is 0 Å². The summed E-state index contributed by atoms with van der Waals surface area (Å²) < 4.78 is 23.2. The Bertz CT molecular complexity index is 646. The maximum atomic E-state index is 12.4. The van der Waals surface area contributed by atoms with Crippen molar-refractivity contribution >= 4 is 15.7 Å². The maximum absolute atomic E-state index is 12.4. The fourth-order valence-electron chi connectivity index (χ4n) is 2.77. The van der Waals surface area contributed by atoms with Crippen LogP contribution in [0.25, 0.3) is 0 Å². The van der Waals surface area contributed by atoms with E-state index < -0.39 is 9.84 Å². The number of carbonyl (C=O) groups is 1. The van der Waals surface area contributed by atoms with Crippen molar-refractivity contribution < 1.29 is 13.2 Å². The van der Waals surface area contributed by atoms with E-state index in [1.165, 1.54) is 5.56 Å². The Kier molecular flexibility index (Phi) is 5.62. The summed E-state index contributed by atoms with van der Waals surface area (Å²) in [5, 5.41) is 0. The molecular weight excluding hydrogens is 298 g/mol. The van der Waals surface area contributed by atoms with Crippen LogP contribution in [0.4, 0.5) is 0 Å². The van der Waals surface area contributed by atoms with Gasteiger partial charge in [0.15, 0.2) is 9.84 Å². The molecule has 2 rings (SSSR count). The lowest BCUT2D eigenvalue weighted by Gasteiger charge is -2.26. The van der Waals surface area contributed by atoms with Gasteiger partial charge in [0, 0.05) is 12.5 Å². The highest BCUT2D eigenvalue weighted by molar-refractivity contribution is 7.91. The molecule has 1 amide bonds. The fraction of sp³-hybridized carbons (Fsp3) is 0.471. The van der Waals surface area contributed by atoms with Gasteiger partial charge >= 0.3 is 0 Å². The number of benzene rings is 1. The predicted molar refractivity (Wildman–Crippen MR) is 87.0 cm³/mol. The summed E-state index contributed by atoms with van der Waals surface area (Å²) in [6, 6.07) is 9.73. The molecule has 0 radical (unpaired) electrons. The molecule has 0 aromatic heterocycles. The van der Waals surface area contributed by atoms with Gasteiger partial charge in [-0.05, 0) is 24.8 Å². The number of terminal acetylenes is 1. The smallest absolute Gasteiger partial charge is 0.223 e. The summed E-state index contributed by atoms with van der Waals surface area (Å²) in [5.74, 6) is 2.62. The Hall–Kier alpha value is -1.80. The first-order valence-corrected chi connectivity index (χ1v) is 9.31. The number of amides is 1. The Morgan fingerprint density at radius 3 is 2.64 bits per heavy atom. The molecule has 1 aliphatic rings. The Labute approximate surface area is 132 Å². The van der Waals surface area contributed by atoms with Crippen molar-refractivity contribution in [1.82, 2.24) is 4.90 Å². The monoisotopic (exact) mass is 319 g/mol. The van der Waals surface area contributed by atoms with E-state index in [1.807, 2.05) is 30.3 Å². The molecule has 1 aromatic carbocycles. The molecule has 0 saturated carbocycles. The van der Waals surface area contributed by atoms with Crippen LogP contribution in [0.1, 0.15) is 24.8 Å². The van der Waals surface area contributed by atoms with E-state index in [2.05, 4.69) is 5.92 Å².